The molecule has 156 valence electrons. The Morgan fingerprint density at radius 1 is 1.33 bits per heavy atom. The van der Waals surface area contributed by atoms with Crippen molar-refractivity contribution < 1.29 is 9.53 Å². The van der Waals surface area contributed by atoms with E-state index in [1.54, 1.807) is 13.2 Å². The first-order chi connectivity index (χ1) is 14.6. The van der Waals surface area contributed by atoms with Crippen molar-refractivity contribution in [2.75, 3.05) is 7.11 Å². The first kappa shape index (κ1) is 20.2. The highest BCUT2D eigenvalue weighted by Crippen LogP contribution is 2.47. The van der Waals surface area contributed by atoms with Gasteiger partial charge in [0.25, 0.3) is 0 Å². The lowest BCUT2D eigenvalue weighted by Crippen LogP contribution is -2.41. The van der Waals surface area contributed by atoms with Crippen molar-refractivity contribution in [3.05, 3.63) is 77.1 Å². The summed E-state index contributed by atoms with van der Waals surface area (Å²) in [4.78, 5) is 11.7. The predicted molar refractivity (Wildman–Crippen MR) is 118 cm³/mol. The number of aromatic amines is 1. The van der Waals surface area contributed by atoms with Gasteiger partial charge in [-0.25, -0.2) is 0 Å². The van der Waals surface area contributed by atoms with Gasteiger partial charge in [-0.1, -0.05) is 37.3 Å². The van der Waals surface area contributed by atoms with E-state index in [0.717, 1.165) is 41.4 Å². The number of nitrogens with two attached hydrogens (primary N) is 1. The third-order valence-electron chi connectivity index (χ3n) is 6.25. The van der Waals surface area contributed by atoms with Crippen LogP contribution in [0.5, 0.6) is 0 Å². The molecule has 1 amide bonds. The zero-order valence-corrected chi connectivity index (χ0v) is 17.4. The fraction of sp³-hybridized carbons (Fsp3) is 0.333. The number of methoxy groups -OCH3 is 1. The van der Waals surface area contributed by atoms with E-state index in [-0.39, 0.29) is 5.92 Å². The smallest absolute Gasteiger partial charge is 0.248 e. The molecular formula is C24H28N4O2. The molecule has 2 atom stereocenters. The van der Waals surface area contributed by atoms with Crippen molar-refractivity contribution in [3.8, 4) is 0 Å². The van der Waals surface area contributed by atoms with Crippen molar-refractivity contribution >= 4 is 16.8 Å². The molecule has 30 heavy (non-hydrogen) atoms. The monoisotopic (exact) mass is 404 g/mol. The van der Waals surface area contributed by atoms with Crippen LogP contribution in [0.3, 0.4) is 0 Å². The summed E-state index contributed by atoms with van der Waals surface area (Å²) in [6.45, 7) is 2.82. The van der Waals surface area contributed by atoms with E-state index < -0.39 is 11.5 Å². The van der Waals surface area contributed by atoms with Crippen molar-refractivity contribution in [2.45, 2.75) is 38.3 Å². The lowest BCUT2D eigenvalue weighted by molar-refractivity contribution is -0.0434. The number of fused-ring (bicyclic) bond motifs is 1. The molecule has 6 heteroatoms. The number of rotatable bonds is 6. The van der Waals surface area contributed by atoms with Gasteiger partial charge in [0.15, 0.2) is 0 Å². The topological polar surface area (TPSA) is 93.0 Å². The van der Waals surface area contributed by atoms with Crippen LogP contribution in [-0.4, -0.2) is 23.2 Å². The van der Waals surface area contributed by atoms with Gasteiger partial charge in [-0.15, -0.1) is 0 Å². The molecule has 0 aliphatic heterocycles. The van der Waals surface area contributed by atoms with Crippen molar-refractivity contribution in [3.63, 3.8) is 0 Å². The Morgan fingerprint density at radius 2 is 2.17 bits per heavy atom. The van der Waals surface area contributed by atoms with E-state index in [4.69, 9.17) is 10.5 Å². The zero-order chi connectivity index (χ0) is 21.1. The Hall–Kier alpha value is -3.12. The molecule has 3 aromatic rings. The van der Waals surface area contributed by atoms with Gasteiger partial charge < -0.3 is 15.8 Å². The van der Waals surface area contributed by atoms with Gasteiger partial charge in [0.2, 0.25) is 5.91 Å². The summed E-state index contributed by atoms with van der Waals surface area (Å²) < 4.78 is 6.20. The number of aromatic nitrogens is 2. The molecule has 1 aliphatic carbocycles. The van der Waals surface area contributed by atoms with Crippen molar-refractivity contribution in [1.29, 1.82) is 0 Å². The average molecular weight is 405 g/mol. The highest BCUT2D eigenvalue weighted by molar-refractivity contribution is 5.93. The number of amides is 1. The molecule has 0 saturated heterocycles. The second-order valence-electron chi connectivity index (χ2n) is 7.94. The van der Waals surface area contributed by atoms with Crippen LogP contribution in [0, 0.1) is 5.92 Å². The molecule has 1 saturated carbocycles. The van der Waals surface area contributed by atoms with E-state index in [2.05, 4.69) is 34.7 Å². The molecule has 0 bridgehead atoms. The van der Waals surface area contributed by atoms with Crippen LogP contribution in [-0.2, 0) is 16.9 Å². The molecule has 0 spiro atoms. The first-order valence-electron chi connectivity index (χ1n) is 10.4. The summed E-state index contributed by atoms with van der Waals surface area (Å²) in [6, 6.07) is 15.6. The van der Waals surface area contributed by atoms with Gasteiger partial charge >= 0.3 is 0 Å². The molecule has 0 radical (unpaired) electrons. The van der Waals surface area contributed by atoms with Crippen LogP contribution in [0.4, 0.5) is 0 Å². The third kappa shape index (κ3) is 3.48. The second kappa shape index (κ2) is 8.32. The Morgan fingerprint density at radius 3 is 2.97 bits per heavy atom. The van der Waals surface area contributed by atoms with Crippen LogP contribution in [0.1, 0.15) is 47.8 Å². The summed E-state index contributed by atoms with van der Waals surface area (Å²) in [5, 5.41) is 12.1. The minimum atomic E-state index is -0.593. The number of nitrogens with zero attached hydrogens (tertiary/aromatic N) is 1. The predicted octanol–water partition coefficient (Wildman–Crippen LogP) is 4.00. The summed E-state index contributed by atoms with van der Waals surface area (Å²) in [5.41, 5.74) is 9.58. The maximum absolute atomic E-state index is 11.7. The second-order valence-corrected chi connectivity index (χ2v) is 7.94. The van der Waals surface area contributed by atoms with E-state index >= 15 is 0 Å². The van der Waals surface area contributed by atoms with Crippen LogP contribution in [0.15, 0.2) is 60.3 Å². The Balaban J connectivity index is 1.66. The summed E-state index contributed by atoms with van der Waals surface area (Å²) in [5.74, 6) is -0.167. The Kier molecular flexibility index (Phi) is 5.59. The van der Waals surface area contributed by atoms with E-state index in [9.17, 15) is 4.79 Å². The largest absolute Gasteiger partial charge is 0.385 e. The van der Waals surface area contributed by atoms with Gasteiger partial charge in [-0.05, 0) is 60.7 Å². The molecular weight excluding hydrogens is 376 g/mol. The normalized spacial score (nSPS) is 23.0. The molecule has 4 rings (SSSR count). The van der Waals surface area contributed by atoms with Crippen molar-refractivity contribution in [2.24, 2.45) is 11.7 Å². The fourth-order valence-corrected chi connectivity index (χ4v) is 4.73. The van der Waals surface area contributed by atoms with E-state index in [1.165, 1.54) is 5.57 Å². The highest BCUT2D eigenvalue weighted by atomic mass is 16.5. The van der Waals surface area contributed by atoms with Crippen LogP contribution < -0.4 is 11.1 Å². The SMILES string of the molecule is COC1(c2cccc(C(N)=O)c2)/C(=C\NCc2n[nH]c3ccccc23)CCCC1C. The molecule has 1 fully saturated rings. The number of H-pyrrole nitrogens is 1. The number of ether oxygens (including phenoxy) is 1. The molecule has 4 N–H and O–H groups in total. The fourth-order valence-electron chi connectivity index (χ4n) is 4.73. The number of primary amides is 1. The highest BCUT2D eigenvalue weighted by Gasteiger charge is 2.44. The van der Waals surface area contributed by atoms with Gasteiger partial charge in [0, 0.05) is 18.1 Å². The third-order valence-corrected chi connectivity index (χ3v) is 6.25. The molecule has 1 heterocycles. The molecule has 2 aromatic carbocycles. The maximum Gasteiger partial charge on any atom is 0.248 e. The van der Waals surface area contributed by atoms with Crippen molar-refractivity contribution in [1.82, 2.24) is 15.5 Å². The standard InChI is InChI=1S/C24H28N4O2/c1-16-7-5-10-19(14-26-15-22-20-11-3-4-12-21(20)27-28-22)24(16,30-2)18-9-6-8-17(13-18)23(25)29/h3-4,6,8-9,11-14,16,26H,5,7,10,15H2,1-2H3,(H2,25,29)(H,27,28)/b19-14-. The van der Waals surface area contributed by atoms with Gasteiger partial charge in [0.1, 0.15) is 5.60 Å². The Labute approximate surface area is 176 Å². The lowest BCUT2D eigenvalue weighted by Gasteiger charge is -2.44. The number of hydrogen-bond acceptors (Lipinski definition) is 4. The molecule has 6 nitrogen and oxygen atoms in total. The lowest BCUT2D eigenvalue weighted by atomic mass is 9.69. The molecule has 1 aromatic heterocycles. The van der Waals surface area contributed by atoms with Gasteiger partial charge in [0.05, 0.1) is 17.8 Å². The van der Waals surface area contributed by atoms with Gasteiger partial charge in [-0.3, -0.25) is 9.89 Å². The quantitative estimate of drug-likeness (QED) is 0.579. The number of para-hydroxylation sites is 1. The summed E-state index contributed by atoms with van der Waals surface area (Å²) in [7, 11) is 1.74. The van der Waals surface area contributed by atoms with E-state index in [0.29, 0.717) is 12.1 Å². The summed E-state index contributed by atoms with van der Waals surface area (Å²) >= 11 is 0. The number of carbonyl (C=O) groups excluding carboxylic acids is 1. The van der Waals surface area contributed by atoms with Crippen LogP contribution in [0.2, 0.25) is 0 Å². The summed E-state index contributed by atoms with van der Waals surface area (Å²) in [6.07, 6.45) is 5.14. The Bertz CT molecular complexity index is 1090. The number of hydrogen-bond donors (Lipinski definition) is 3. The van der Waals surface area contributed by atoms with E-state index in [1.807, 2.05) is 36.4 Å². The number of nitrogens with one attached hydrogen (secondary N) is 2. The van der Waals surface area contributed by atoms with Crippen LogP contribution in [0.25, 0.3) is 10.9 Å². The number of carbonyl (C=O) groups is 1. The minimum Gasteiger partial charge on any atom is -0.385 e. The van der Waals surface area contributed by atoms with Crippen LogP contribution >= 0.6 is 0 Å². The number of benzene rings is 2. The average Bonchev–Trinajstić information content (AvgIpc) is 3.17. The van der Waals surface area contributed by atoms with Gasteiger partial charge in [-0.2, -0.15) is 5.10 Å². The first-order valence-corrected chi connectivity index (χ1v) is 10.4. The zero-order valence-electron chi connectivity index (χ0n) is 17.4. The maximum atomic E-state index is 11.7. The molecule has 2 unspecified atom stereocenters. The minimum absolute atomic E-state index is 0.263. The molecule has 1 aliphatic rings.